The number of rotatable bonds is 4. The highest BCUT2D eigenvalue weighted by Gasteiger charge is 2.13. The average Bonchev–Trinajstić information content (AvgIpc) is 2.40. The van der Waals surface area contributed by atoms with Crippen LogP contribution >= 0.6 is 35.0 Å². The summed E-state index contributed by atoms with van der Waals surface area (Å²) >= 11 is 13.9. The molecule has 2 rings (SSSR count). The van der Waals surface area contributed by atoms with Crippen molar-refractivity contribution in [2.24, 2.45) is 0 Å². The van der Waals surface area contributed by atoms with Crippen molar-refractivity contribution in [2.45, 2.75) is 42.8 Å². The lowest BCUT2D eigenvalue weighted by atomic mass is 10.1. The minimum atomic E-state index is 0.0485. The monoisotopic (exact) mass is 340 g/mol. The standard InChI is InChI=1S/C16H18Cl2N2S/c1-16(2,3)20-10-11-9-12(17)6-7-14(11)21-15-13(18)5-4-8-19-15/h4-9,20H,10H2,1-3H3. The van der Waals surface area contributed by atoms with Crippen LogP contribution < -0.4 is 5.32 Å². The first-order valence-electron chi connectivity index (χ1n) is 6.67. The lowest BCUT2D eigenvalue weighted by Gasteiger charge is -2.21. The van der Waals surface area contributed by atoms with Crippen molar-refractivity contribution >= 4 is 35.0 Å². The Morgan fingerprint density at radius 2 is 1.95 bits per heavy atom. The maximum absolute atomic E-state index is 6.18. The second-order valence-corrected chi connectivity index (χ2v) is 7.62. The highest BCUT2D eigenvalue weighted by atomic mass is 35.5. The second-order valence-electron chi connectivity index (χ2n) is 5.75. The minimum Gasteiger partial charge on any atom is -0.308 e. The summed E-state index contributed by atoms with van der Waals surface area (Å²) in [6.07, 6.45) is 1.75. The molecule has 2 aromatic rings. The van der Waals surface area contributed by atoms with Crippen molar-refractivity contribution < 1.29 is 0 Å². The van der Waals surface area contributed by atoms with Gasteiger partial charge in [-0.3, -0.25) is 0 Å². The fraction of sp³-hybridized carbons (Fsp3) is 0.312. The molecule has 0 aliphatic carbocycles. The maximum atomic E-state index is 6.18. The maximum Gasteiger partial charge on any atom is 0.119 e. The third-order valence-electron chi connectivity index (χ3n) is 2.76. The van der Waals surface area contributed by atoms with Gasteiger partial charge in [-0.25, -0.2) is 4.98 Å². The molecule has 1 aromatic heterocycles. The van der Waals surface area contributed by atoms with Gasteiger partial charge in [0.2, 0.25) is 0 Å². The van der Waals surface area contributed by atoms with Crippen LogP contribution in [0.1, 0.15) is 26.3 Å². The average molecular weight is 341 g/mol. The highest BCUT2D eigenvalue weighted by Crippen LogP contribution is 2.34. The molecule has 1 heterocycles. The van der Waals surface area contributed by atoms with Gasteiger partial charge >= 0.3 is 0 Å². The van der Waals surface area contributed by atoms with Gasteiger partial charge in [0.1, 0.15) is 5.03 Å². The van der Waals surface area contributed by atoms with Crippen LogP contribution in [0.25, 0.3) is 0 Å². The molecule has 2 nitrogen and oxygen atoms in total. The molecular weight excluding hydrogens is 323 g/mol. The third kappa shape index (κ3) is 5.19. The Morgan fingerprint density at radius 1 is 1.19 bits per heavy atom. The quantitative estimate of drug-likeness (QED) is 0.803. The van der Waals surface area contributed by atoms with E-state index < -0.39 is 0 Å². The third-order valence-corrected chi connectivity index (χ3v) is 4.55. The minimum absolute atomic E-state index is 0.0485. The van der Waals surface area contributed by atoms with E-state index in [4.69, 9.17) is 23.2 Å². The zero-order valence-electron chi connectivity index (χ0n) is 12.3. The number of pyridine rings is 1. The summed E-state index contributed by atoms with van der Waals surface area (Å²) in [5.41, 5.74) is 1.19. The van der Waals surface area contributed by atoms with Crippen molar-refractivity contribution in [3.8, 4) is 0 Å². The van der Waals surface area contributed by atoms with Gasteiger partial charge in [-0.15, -0.1) is 0 Å². The molecule has 0 aliphatic rings. The molecule has 112 valence electrons. The van der Waals surface area contributed by atoms with Gasteiger partial charge in [-0.1, -0.05) is 35.0 Å². The summed E-state index contributed by atoms with van der Waals surface area (Å²) in [6, 6.07) is 9.56. The molecule has 0 saturated heterocycles. The number of halogens is 2. The van der Waals surface area contributed by atoms with Gasteiger partial charge in [0.25, 0.3) is 0 Å². The molecule has 0 amide bonds. The number of aromatic nitrogens is 1. The summed E-state index contributed by atoms with van der Waals surface area (Å²) < 4.78 is 0. The number of benzene rings is 1. The van der Waals surface area contributed by atoms with Gasteiger partial charge < -0.3 is 5.32 Å². The summed E-state index contributed by atoms with van der Waals surface area (Å²) in [5, 5.41) is 5.68. The molecule has 0 fully saturated rings. The lowest BCUT2D eigenvalue weighted by molar-refractivity contribution is 0.422. The number of hydrogen-bond donors (Lipinski definition) is 1. The first kappa shape index (κ1) is 16.6. The summed E-state index contributed by atoms with van der Waals surface area (Å²) in [4.78, 5) is 5.43. The van der Waals surface area contributed by atoms with E-state index in [2.05, 4.69) is 31.1 Å². The van der Waals surface area contributed by atoms with Gasteiger partial charge in [0.15, 0.2) is 0 Å². The van der Waals surface area contributed by atoms with Gasteiger partial charge in [-0.2, -0.15) is 0 Å². The largest absolute Gasteiger partial charge is 0.308 e. The van der Waals surface area contributed by atoms with Crippen LogP contribution in [0.15, 0.2) is 46.5 Å². The molecule has 21 heavy (non-hydrogen) atoms. The Kier molecular flexibility index (Phi) is 5.55. The molecular formula is C16H18Cl2N2S. The molecule has 0 spiro atoms. The van der Waals surface area contributed by atoms with Crippen LogP contribution in [0.5, 0.6) is 0 Å². The number of nitrogens with zero attached hydrogens (tertiary/aromatic N) is 1. The zero-order chi connectivity index (χ0) is 15.5. The zero-order valence-corrected chi connectivity index (χ0v) is 14.6. The topological polar surface area (TPSA) is 24.9 Å². The molecule has 0 aliphatic heterocycles. The first-order valence-corrected chi connectivity index (χ1v) is 8.24. The fourth-order valence-electron chi connectivity index (χ4n) is 1.70. The van der Waals surface area contributed by atoms with E-state index in [1.807, 2.05) is 30.3 Å². The Morgan fingerprint density at radius 3 is 2.62 bits per heavy atom. The van der Waals surface area contributed by atoms with E-state index in [1.165, 1.54) is 0 Å². The second kappa shape index (κ2) is 7.01. The van der Waals surface area contributed by atoms with E-state index in [0.29, 0.717) is 5.02 Å². The first-order chi connectivity index (χ1) is 9.85. The smallest absolute Gasteiger partial charge is 0.119 e. The predicted molar refractivity (Wildman–Crippen MR) is 91.4 cm³/mol. The fourth-order valence-corrected chi connectivity index (χ4v) is 3.01. The van der Waals surface area contributed by atoms with Crippen LogP contribution in [0.3, 0.4) is 0 Å². The van der Waals surface area contributed by atoms with Crippen LogP contribution in [-0.2, 0) is 6.54 Å². The molecule has 0 atom stereocenters. The molecule has 1 aromatic carbocycles. The summed E-state index contributed by atoms with van der Waals surface area (Å²) in [6.45, 7) is 7.16. The number of hydrogen-bond acceptors (Lipinski definition) is 3. The molecule has 0 bridgehead atoms. The van der Waals surface area contributed by atoms with E-state index in [9.17, 15) is 0 Å². The Labute approximate surface area is 140 Å². The number of nitrogens with one attached hydrogen (secondary N) is 1. The molecule has 0 unspecified atom stereocenters. The lowest BCUT2D eigenvalue weighted by Crippen LogP contribution is -2.35. The van der Waals surface area contributed by atoms with Crippen molar-refractivity contribution in [2.75, 3.05) is 0 Å². The SMILES string of the molecule is CC(C)(C)NCc1cc(Cl)ccc1Sc1ncccc1Cl. The van der Waals surface area contributed by atoms with E-state index in [-0.39, 0.29) is 5.54 Å². The van der Waals surface area contributed by atoms with Crippen LogP contribution in [-0.4, -0.2) is 10.5 Å². The molecule has 0 saturated carbocycles. The Balaban J connectivity index is 2.25. The van der Waals surface area contributed by atoms with E-state index in [1.54, 1.807) is 18.0 Å². The van der Waals surface area contributed by atoms with Crippen LogP contribution in [0.4, 0.5) is 0 Å². The normalized spacial score (nSPS) is 11.7. The van der Waals surface area contributed by atoms with E-state index in [0.717, 1.165) is 27.1 Å². The molecule has 5 heteroatoms. The Bertz CT molecular complexity index is 624. The van der Waals surface area contributed by atoms with Gasteiger partial charge in [0, 0.05) is 28.2 Å². The van der Waals surface area contributed by atoms with Crippen molar-refractivity contribution in [1.82, 2.24) is 10.3 Å². The predicted octanol–water partition coefficient (Wildman–Crippen LogP) is 5.43. The summed E-state index contributed by atoms with van der Waals surface area (Å²) in [7, 11) is 0. The highest BCUT2D eigenvalue weighted by molar-refractivity contribution is 7.99. The van der Waals surface area contributed by atoms with Crippen molar-refractivity contribution in [3.05, 3.63) is 52.1 Å². The van der Waals surface area contributed by atoms with Crippen molar-refractivity contribution in [3.63, 3.8) is 0 Å². The van der Waals surface area contributed by atoms with Crippen LogP contribution in [0.2, 0.25) is 10.0 Å². The Hall–Kier alpha value is -0.740. The van der Waals surface area contributed by atoms with Gasteiger partial charge in [-0.05, 0) is 56.7 Å². The molecule has 0 radical (unpaired) electrons. The van der Waals surface area contributed by atoms with E-state index >= 15 is 0 Å². The molecule has 1 N–H and O–H groups in total. The van der Waals surface area contributed by atoms with Crippen molar-refractivity contribution in [1.29, 1.82) is 0 Å². The van der Waals surface area contributed by atoms with Crippen LogP contribution in [0, 0.1) is 0 Å². The van der Waals surface area contributed by atoms with Gasteiger partial charge in [0.05, 0.1) is 5.02 Å². The summed E-state index contributed by atoms with van der Waals surface area (Å²) in [5.74, 6) is 0.